The Morgan fingerprint density at radius 1 is 1.16 bits per heavy atom. The van der Waals surface area contributed by atoms with Gasteiger partial charge < -0.3 is 14.8 Å². The molecule has 0 spiro atoms. The molecule has 1 aliphatic rings. The Hall–Kier alpha value is -1.22. The molecule has 19 heavy (non-hydrogen) atoms. The maximum atomic E-state index is 5.78. The van der Waals surface area contributed by atoms with Crippen LogP contribution in [0.1, 0.15) is 33.1 Å². The lowest BCUT2D eigenvalue weighted by Gasteiger charge is -2.14. The Balaban J connectivity index is 1.66. The van der Waals surface area contributed by atoms with Crippen LogP contribution in [0.15, 0.2) is 24.3 Å². The van der Waals surface area contributed by atoms with Gasteiger partial charge in [0, 0.05) is 18.5 Å². The van der Waals surface area contributed by atoms with E-state index in [2.05, 4.69) is 19.2 Å². The minimum atomic E-state index is 0.539. The van der Waals surface area contributed by atoms with Gasteiger partial charge in [-0.25, -0.2) is 0 Å². The predicted molar refractivity (Wildman–Crippen MR) is 77.9 cm³/mol. The predicted octanol–water partition coefficient (Wildman–Crippen LogP) is 3.24. The van der Waals surface area contributed by atoms with Crippen molar-refractivity contribution in [3.05, 3.63) is 24.3 Å². The number of hydrogen-bond acceptors (Lipinski definition) is 3. The second kappa shape index (κ2) is 7.39. The highest BCUT2D eigenvalue weighted by atomic mass is 16.5. The Morgan fingerprint density at radius 2 is 1.79 bits per heavy atom. The van der Waals surface area contributed by atoms with Crippen molar-refractivity contribution in [2.45, 2.75) is 39.2 Å². The van der Waals surface area contributed by atoms with Crippen LogP contribution in [0.2, 0.25) is 0 Å². The molecule has 106 valence electrons. The zero-order valence-corrected chi connectivity index (χ0v) is 12.0. The highest BCUT2D eigenvalue weighted by Crippen LogP contribution is 2.20. The van der Waals surface area contributed by atoms with Gasteiger partial charge in [0.05, 0.1) is 13.2 Å². The van der Waals surface area contributed by atoms with E-state index >= 15 is 0 Å². The van der Waals surface area contributed by atoms with Crippen molar-refractivity contribution >= 4 is 0 Å². The molecule has 1 aliphatic carbocycles. The molecule has 0 radical (unpaired) electrons. The van der Waals surface area contributed by atoms with Crippen molar-refractivity contribution in [2.24, 2.45) is 5.92 Å². The molecule has 0 aromatic heterocycles. The quantitative estimate of drug-likeness (QED) is 0.742. The van der Waals surface area contributed by atoms with E-state index in [-0.39, 0.29) is 0 Å². The topological polar surface area (TPSA) is 30.5 Å². The van der Waals surface area contributed by atoms with Crippen molar-refractivity contribution in [1.29, 1.82) is 0 Å². The first-order valence-electron chi connectivity index (χ1n) is 7.37. The summed E-state index contributed by atoms with van der Waals surface area (Å²) < 4.78 is 11.3. The van der Waals surface area contributed by atoms with Crippen LogP contribution in [-0.4, -0.2) is 25.8 Å². The molecule has 1 atom stereocenters. The van der Waals surface area contributed by atoms with E-state index in [1.165, 1.54) is 12.8 Å². The summed E-state index contributed by atoms with van der Waals surface area (Å²) in [6.07, 6.45) is 3.71. The van der Waals surface area contributed by atoms with Crippen LogP contribution in [0.3, 0.4) is 0 Å². The molecular weight excluding hydrogens is 238 g/mol. The summed E-state index contributed by atoms with van der Waals surface area (Å²) in [5.74, 6) is 2.37. The first-order valence-corrected chi connectivity index (χ1v) is 7.37. The van der Waals surface area contributed by atoms with E-state index in [1.54, 1.807) is 0 Å². The normalized spacial score (nSPS) is 16.1. The standard InChI is InChI=1S/C16H25NO2/c1-3-10-18-15-6-8-16(9-7-15)19-12-13(2)11-17-14-4-5-14/h6-9,13-14,17H,3-5,10-12H2,1-2H3. The fourth-order valence-electron chi connectivity index (χ4n) is 1.80. The van der Waals surface area contributed by atoms with Crippen molar-refractivity contribution in [3.63, 3.8) is 0 Å². The van der Waals surface area contributed by atoms with Crippen LogP contribution in [0.5, 0.6) is 11.5 Å². The highest BCUT2D eigenvalue weighted by Gasteiger charge is 2.20. The average Bonchev–Trinajstić information content (AvgIpc) is 3.26. The van der Waals surface area contributed by atoms with Gasteiger partial charge in [-0.1, -0.05) is 13.8 Å². The molecule has 2 rings (SSSR count). The molecule has 0 bridgehead atoms. The Kier molecular flexibility index (Phi) is 5.52. The molecule has 1 fully saturated rings. The molecule has 3 heteroatoms. The van der Waals surface area contributed by atoms with Crippen molar-refractivity contribution < 1.29 is 9.47 Å². The Bertz CT molecular complexity index is 360. The molecular formula is C16H25NO2. The first-order chi connectivity index (χ1) is 9.28. The van der Waals surface area contributed by atoms with Crippen molar-refractivity contribution in [1.82, 2.24) is 5.32 Å². The Labute approximate surface area is 116 Å². The monoisotopic (exact) mass is 263 g/mol. The van der Waals surface area contributed by atoms with E-state index in [4.69, 9.17) is 9.47 Å². The first kappa shape index (κ1) is 14.2. The molecule has 0 amide bonds. The van der Waals surface area contributed by atoms with E-state index in [9.17, 15) is 0 Å². The van der Waals surface area contributed by atoms with Gasteiger partial charge in [0.1, 0.15) is 11.5 Å². The zero-order chi connectivity index (χ0) is 13.5. The molecule has 0 saturated heterocycles. The van der Waals surface area contributed by atoms with Gasteiger partial charge in [-0.3, -0.25) is 0 Å². The largest absolute Gasteiger partial charge is 0.494 e. The number of hydrogen-bond donors (Lipinski definition) is 1. The van der Waals surface area contributed by atoms with Crippen molar-refractivity contribution in [3.8, 4) is 11.5 Å². The van der Waals surface area contributed by atoms with Crippen LogP contribution in [0.25, 0.3) is 0 Å². The van der Waals surface area contributed by atoms with E-state index < -0.39 is 0 Å². The number of ether oxygens (including phenoxy) is 2. The van der Waals surface area contributed by atoms with Gasteiger partial charge >= 0.3 is 0 Å². The van der Waals surface area contributed by atoms with Gasteiger partial charge in [-0.2, -0.15) is 0 Å². The average molecular weight is 263 g/mol. The maximum Gasteiger partial charge on any atom is 0.119 e. The molecule has 0 aliphatic heterocycles. The molecule has 1 aromatic rings. The highest BCUT2D eigenvalue weighted by molar-refractivity contribution is 5.31. The second-order valence-electron chi connectivity index (χ2n) is 5.42. The second-order valence-corrected chi connectivity index (χ2v) is 5.42. The lowest BCUT2D eigenvalue weighted by Crippen LogP contribution is -2.26. The van der Waals surface area contributed by atoms with Crippen LogP contribution in [-0.2, 0) is 0 Å². The minimum Gasteiger partial charge on any atom is -0.494 e. The molecule has 0 heterocycles. The van der Waals surface area contributed by atoms with Gasteiger partial charge in [-0.15, -0.1) is 0 Å². The fraction of sp³-hybridized carbons (Fsp3) is 0.625. The molecule has 1 aromatic carbocycles. The van der Waals surface area contributed by atoms with Crippen LogP contribution in [0.4, 0.5) is 0 Å². The number of benzene rings is 1. The van der Waals surface area contributed by atoms with Gasteiger partial charge in [0.25, 0.3) is 0 Å². The summed E-state index contributed by atoms with van der Waals surface area (Å²) in [6, 6.07) is 8.67. The van der Waals surface area contributed by atoms with Gasteiger partial charge in [0.2, 0.25) is 0 Å². The third-order valence-electron chi connectivity index (χ3n) is 3.16. The molecule has 1 N–H and O–H groups in total. The lowest BCUT2D eigenvalue weighted by atomic mass is 10.2. The van der Waals surface area contributed by atoms with Gasteiger partial charge in [-0.05, 0) is 43.5 Å². The molecule has 1 unspecified atom stereocenters. The Morgan fingerprint density at radius 3 is 2.37 bits per heavy atom. The van der Waals surface area contributed by atoms with Crippen LogP contribution in [0, 0.1) is 5.92 Å². The summed E-state index contributed by atoms with van der Waals surface area (Å²) >= 11 is 0. The maximum absolute atomic E-state index is 5.78. The molecule has 3 nitrogen and oxygen atoms in total. The van der Waals surface area contributed by atoms with Crippen LogP contribution >= 0.6 is 0 Å². The third kappa shape index (κ3) is 5.52. The fourth-order valence-corrected chi connectivity index (χ4v) is 1.80. The van der Waals surface area contributed by atoms with E-state index in [0.29, 0.717) is 5.92 Å². The number of rotatable bonds is 9. The van der Waals surface area contributed by atoms with Crippen LogP contribution < -0.4 is 14.8 Å². The van der Waals surface area contributed by atoms with E-state index in [0.717, 1.165) is 43.7 Å². The molecule has 1 saturated carbocycles. The summed E-state index contributed by atoms with van der Waals surface area (Å²) in [7, 11) is 0. The smallest absolute Gasteiger partial charge is 0.119 e. The van der Waals surface area contributed by atoms with Gasteiger partial charge in [0.15, 0.2) is 0 Å². The van der Waals surface area contributed by atoms with Crippen molar-refractivity contribution in [2.75, 3.05) is 19.8 Å². The SMILES string of the molecule is CCCOc1ccc(OCC(C)CNC2CC2)cc1. The lowest BCUT2D eigenvalue weighted by molar-refractivity contribution is 0.254. The van der Waals surface area contributed by atoms with E-state index in [1.807, 2.05) is 24.3 Å². The summed E-state index contributed by atoms with van der Waals surface area (Å²) in [5, 5.41) is 3.52. The third-order valence-corrected chi connectivity index (χ3v) is 3.16. The summed E-state index contributed by atoms with van der Waals surface area (Å²) in [5.41, 5.74) is 0. The number of nitrogens with one attached hydrogen (secondary N) is 1. The zero-order valence-electron chi connectivity index (χ0n) is 12.0. The summed E-state index contributed by atoms with van der Waals surface area (Å²) in [6.45, 7) is 6.89. The minimum absolute atomic E-state index is 0.539. The summed E-state index contributed by atoms with van der Waals surface area (Å²) in [4.78, 5) is 0.